The van der Waals surface area contributed by atoms with E-state index in [-0.39, 0.29) is 11.4 Å². The first-order valence-electron chi connectivity index (χ1n) is 6.58. The largest absolute Gasteiger partial charge is 0.469 e. The van der Waals surface area contributed by atoms with Gasteiger partial charge in [0.25, 0.3) is 0 Å². The number of thioether (sulfide) groups is 1. The molecule has 0 atom stereocenters. The fourth-order valence-corrected chi connectivity index (χ4v) is 4.30. The maximum Gasteiger partial charge on any atom is 0.306 e. The molecule has 0 amide bonds. The van der Waals surface area contributed by atoms with Gasteiger partial charge in [-0.2, -0.15) is 11.8 Å². The molecule has 5 heteroatoms. The lowest BCUT2D eigenvalue weighted by molar-refractivity contribution is -0.141. The van der Waals surface area contributed by atoms with Crippen LogP contribution in [0, 0.1) is 17.3 Å². The summed E-state index contributed by atoms with van der Waals surface area (Å²) < 4.78 is 4.76. The van der Waals surface area contributed by atoms with Gasteiger partial charge in [0, 0.05) is 21.6 Å². The van der Waals surface area contributed by atoms with E-state index in [1.807, 2.05) is 11.8 Å². The highest BCUT2D eigenvalue weighted by Gasteiger charge is 2.44. The molecule has 0 radical (unpaired) electrons. The number of carbonyl (C=O) groups is 1. The van der Waals surface area contributed by atoms with Crippen molar-refractivity contribution in [2.75, 3.05) is 19.4 Å². The number of nitrogens with two attached hydrogens (primary N) is 1. The summed E-state index contributed by atoms with van der Waals surface area (Å²) in [6.45, 7) is 0.399. The molecule has 0 bridgehead atoms. The van der Waals surface area contributed by atoms with Crippen molar-refractivity contribution in [1.29, 1.82) is 0 Å². The number of hydrogen-bond donors (Lipinski definition) is 1. The van der Waals surface area contributed by atoms with Crippen LogP contribution >= 0.6 is 23.1 Å². The highest BCUT2D eigenvalue weighted by molar-refractivity contribution is 7.98. The lowest BCUT2D eigenvalue weighted by Crippen LogP contribution is -2.13. The molecule has 108 valence electrons. The summed E-state index contributed by atoms with van der Waals surface area (Å²) in [6, 6.07) is 2.13. The summed E-state index contributed by atoms with van der Waals surface area (Å²) in [5.41, 5.74) is 6.61. The zero-order valence-corrected chi connectivity index (χ0v) is 13.2. The third-order valence-electron chi connectivity index (χ3n) is 3.35. The van der Waals surface area contributed by atoms with E-state index in [9.17, 15) is 4.79 Å². The molecular formula is C15H19NO2S2. The molecule has 3 nitrogen and oxygen atoms in total. The van der Waals surface area contributed by atoms with Crippen LogP contribution < -0.4 is 5.73 Å². The Hall–Kier alpha value is -0.960. The van der Waals surface area contributed by atoms with Crippen LogP contribution in [0.2, 0.25) is 0 Å². The van der Waals surface area contributed by atoms with Crippen molar-refractivity contribution in [3.63, 3.8) is 0 Å². The third-order valence-corrected chi connectivity index (χ3v) is 5.80. The molecule has 1 heterocycles. The second-order valence-corrected chi connectivity index (χ2v) is 7.03. The fourth-order valence-electron chi connectivity index (χ4n) is 1.97. The van der Waals surface area contributed by atoms with Gasteiger partial charge in [0.1, 0.15) is 0 Å². The number of hydrogen-bond acceptors (Lipinski definition) is 5. The Balaban J connectivity index is 1.76. The Morgan fingerprint density at radius 2 is 2.40 bits per heavy atom. The number of methoxy groups -OCH3 is 1. The standard InChI is InChI=1S/C15H19NO2S2/c1-18-14(17)8-15(4-5-15)11-19-10-13-7-12(9-20-13)3-2-6-16/h7,9H,4-6,8,10-11,16H2,1H3. The number of ether oxygens (including phenoxy) is 1. The second kappa shape index (κ2) is 7.16. The molecule has 0 spiro atoms. The van der Waals surface area contributed by atoms with E-state index in [0.29, 0.717) is 13.0 Å². The fraction of sp³-hybridized carbons (Fsp3) is 0.533. The Morgan fingerprint density at radius 3 is 3.05 bits per heavy atom. The normalized spacial score (nSPS) is 15.3. The van der Waals surface area contributed by atoms with Crippen molar-refractivity contribution in [2.24, 2.45) is 11.1 Å². The average molecular weight is 309 g/mol. The van der Waals surface area contributed by atoms with Crippen LogP contribution in [0.1, 0.15) is 29.7 Å². The molecule has 2 N–H and O–H groups in total. The Morgan fingerprint density at radius 1 is 1.60 bits per heavy atom. The molecule has 0 unspecified atom stereocenters. The molecule has 0 aromatic carbocycles. The van der Waals surface area contributed by atoms with Crippen molar-refractivity contribution in [1.82, 2.24) is 0 Å². The lowest BCUT2D eigenvalue weighted by Gasteiger charge is -2.12. The van der Waals surface area contributed by atoms with E-state index in [1.165, 1.54) is 12.0 Å². The molecule has 20 heavy (non-hydrogen) atoms. The molecule has 0 aliphatic heterocycles. The highest BCUT2D eigenvalue weighted by atomic mass is 32.2. The smallest absolute Gasteiger partial charge is 0.306 e. The molecule has 1 fully saturated rings. The summed E-state index contributed by atoms with van der Waals surface area (Å²) in [5, 5.41) is 2.07. The van der Waals surface area contributed by atoms with Crippen LogP contribution in [-0.2, 0) is 15.3 Å². The average Bonchev–Trinajstić information content (AvgIpc) is 3.05. The van der Waals surface area contributed by atoms with E-state index in [4.69, 9.17) is 10.5 Å². The summed E-state index contributed by atoms with van der Waals surface area (Å²) in [7, 11) is 1.46. The minimum atomic E-state index is -0.0847. The van der Waals surface area contributed by atoms with Crippen molar-refractivity contribution in [3.8, 4) is 11.8 Å². The van der Waals surface area contributed by atoms with Gasteiger partial charge >= 0.3 is 5.97 Å². The molecule has 0 saturated heterocycles. The van der Waals surface area contributed by atoms with Crippen molar-refractivity contribution in [2.45, 2.75) is 25.0 Å². The van der Waals surface area contributed by atoms with Gasteiger partial charge in [0.15, 0.2) is 0 Å². The molecular weight excluding hydrogens is 290 g/mol. The van der Waals surface area contributed by atoms with Crippen LogP contribution in [0.4, 0.5) is 0 Å². The Bertz CT molecular complexity index is 523. The first-order valence-corrected chi connectivity index (χ1v) is 8.62. The molecule has 2 rings (SSSR count). The lowest BCUT2D eigenvalue weighted by atomic mass is 10.1. The van der Waals surface area contributed by atoms with Crippen LogP contribution in [0.3, 0.4) is 0 Å². The summed E-state index contributed by atoms with van der Waals surface area (Å²) in [5.74, 6) is 7.84. The first kappa shape index (κ1) is 15.4. The van der Waals surface area contributed by atoms with Gasteiger partial charge in [0.2, 0.25) is 0 Å². The topological polar surface area (TPSA) is 52.3 Å². The van der Waals surface area contributed by atoms with Gasteiger partial charge in [0.05, 0.1) is 20.1 Å². The monoisotopic (exact) mass is 309 g/mol. The number of rotatable bonds is 6. The summed E-state index contributed by atoms with van der Waals surface area (Å²) in [4.78, 5) is 12.7. The van der Waals surface area contributed by atoms with Crippen molar-refractivity contribution < 1.29 is 9.53 Å². The molecule has 1 aromatic heterocycles. The molecule has 1 aliphatic rings. The second-order valence-electron chi connectivity index (χ2n) is 5.05. The van der Waals surface area contributed by atoms with Crippen molar-refractivity contribution >= 4 is 29.1 Å². The van der Waals surface area contributed by atoms with Crippen LogP contribution in [0.5, 0.6) is 0 Å². The molecule has 1 saturated carbocycles. The van der Waals surface area contributed by atoms with Crippen LogP contribution in [0.25, 0.3) is 0 Å². The summed E-state index contributed by atoms with van der Waals surface area (Å²) in [6.07, 6.45) is 2.85. The zero-order chi connectivity index (χ0) is 14.4. The minimum absolute atomic E-state index is 0.0847. The quantitative estimate of drug-likeness (QED) is 0.648. The van der Waals surface area contributed by atoms with Gasteiger partial charge in [-0.15, -0.1) is 11.3 Å². The number of carbonyl (C=O) groups excluding carboxylic acids is 1. The zero-order valence-electron chi connectivity index (χ0n) is 11.6. The number of thiophene rings is 1. The van der Waals surface area contributed by atoms with E-state index >= 15 is 0 Å². The number of esters is 1. The van der Waals surface area contributed by atoms with Crippen molar-refractivity contribution in [3.05, 3.63) is 21.9 Å². The predicted molar refractivity (Wildman–Crippen MR) is 84.7 cm³/mol. The van der Waals surface area contributed by atoms with E-state index < -0.39 is 0 Å². The van der Waals surface area contributed by atoms with Gasteiger partial charge < -0.3 is 10.5 Å². The highest BCUT2D eigenvalue weighted by Crippen LogP contribution is 2.51. The van der Waals surface area contributed by atoms with Gasteiger partial charge in [-0.05, 0) is 30.1 Å². The molecule has 1 aliphatic carbocycles. The SMILES string of the molecule is COC(=O)CC1(CSCc2cc(C#CCN)cs2)CC1. The maximum atomic E-state index is 11.3. The van der Waals surface area contributed by atoms with E-state index in [1.54, 1.807) is 11.3 Å². The van der Waals surface area contributed by atoms with Crippen LogP contribution in [-0.4, -0.2) is 25.4 Å². The summed E-state index contributed by atoms with van der Waals surface area (Å²) >= 11 is 3.63. The van der Waals surface area contributed by atoms with E-state index in [0.717, 1.165) is 29.9 Å². The first-order chi connectivity index (χ1) is 9.67. The van der Waals surface area contributed by atoms with Gasteiger partial charge in [-0.3, -0.25) is 4.79 Å². The van der Waals surface area contributed by atoms with E-state index in [2.05, 4.69) is 23.3 Å². The predicted octanol–water partition coefficient (Wildman–Crippen LogP) is 2.63. The Kier molecular flexibility index (Phi) is 5.53. The van der Waals surface area contributed by atoms with Gasteiger partial charge in [-0.25, -0.2) is 0 Å². The third kappa shape index (κ3) is 4.55. The minimum Gasteiger partial charge on any atom is -0.469 e. The Labute approximate surface area is 128 Å². The van der Waals surface area contributed by atoms with Gasteiger partial charge in [-0.1, -0.05) is 11.8 Å². The maximum absolute atomic E-state index is 11.3. The molecule has 1 aromatic rings. The van der Waals surface area contributed by atoms with Crippen LogP contribution in [0.15, 0.2) is 11.4 Å².